The number of halogens is 1. The minimum absolute atomic E-state index is 0.722. The van der Waals surface area contributed by atoms with Gasteiger partial charge in [0.1, 0.15) is 11.5 Å². The van der Waals surface area contributed by atoms with Crippen LogP contribution >= 0.6 is 11.6 Å². The van der Waals surface area contributed by atoms with E-state index in [1.54, 1.807) is 0 Å². The van der Waals surface area contributed by atoms with Gasteiger partial charge < -0.3 is 4.74 Å². The van der Waals surface area contributed by atoms with Gasteiger partial charge in [0.25, 0.3) is 0 Å². The van der Waals surface area contributed by atoms with Crippen molar-refractivity contribution < 1.29 is 4.74 Å². The lowest BCUT2D eigenvalue weighted by Gasteiger charge is -2.35. The summed E-state index contributed by atoms with van der Waals surface area (Å²) >= 11 is 5.91. The van der Waals surface area contributed by atoms with Gasteiger partial charge in [0, 0.05) is 24.7 Å². The van der Waals surface area contributed by atoms with Crippen LogP contribution in [0.5, 0.6) is 11.5 Å². The third-order valence-corrected chi connectivity index (χ3v) is 4.55. The average molecular weight is 330 g/mol. The fourth-order valence-electron chi connectivity index (χ4n) is 3.53. The van der Waals surface area contributed by atoms with Gasteiger partial charge in [-0.2, -0.15) is 0 Å². The van der Waals surface area contributed by atoms with E-state index in [0.717, 1.165) is 34.9 Å². The van der Waals surface area contributed by atoms with Gasteiger partial charge in [0.05, 0.1) is 0 Å². The Morgan fingerprint density at radius 1 is 1.00 bits per heavy atom. The van der Waals surface area contributed by atoms with Gasteiger partial charge >= 0.3 is 0 Å². The van der Waals surface area contributed by atoms with Gasteiger partial charge in [-0.05, 0) is 60.2 Å². The minimum atomic E-state index is 0.722. The summed E-state index contributed by atoms with van der Waals surface area (Å²) in [7, 11) is 0. The van der Waals surface area contributed by atoms with Crippen molar-refractivity contribution in [3.05, 3.63) is 59.1 Å². The van der Waals surface area contributed by atoms with Crippen LogP contribution < -0.4 is 4.74 Å². The zero-order valence-corrected chi connectivity index (χ0v) is 14.6. The van der Waals surface area contributed by atoms with Crippen molar-refractivity contribution in [3.8, 4) is 11.5 Å². The number of nitrogens with zero attached hydrogens (tertiary/aromatic N) is 1. The molecule has 2 nitrogen and oxygen atoms in total. The Morgan fingerprint density at radius 2 is 1.70 bits per heavy atom. The molecule has 122 valence electrons. The van der Waals surface area contributed by atoms with E-state index in [1.165, 1.54) is 25.1 Å². The lowest BCUT2D eigenvalue weighted by molar-refractivity contribution is 0.134. The van der Waals surface area contributed by atoms with Gasteiger partial charge in [0.15, 0.2) is 0 Å². The van der Waals surface area contributed by atoms with Crippen LogP contribution in [-0.2, 0) is 6.54 Å². The summed E-state index contributed by atoms with van der Waals surface area (Å²) in [5.74, 6) is 3.26. The molecule has 23 heavy (non-hydrogen) atoms. The predicted octanol–water partition coefficient (Wildman–Crippen LogP) is 5.61. The molecule has 0 N–H and O–H groups in total. The number of benzene rings is 2. The van der Waals surface area contributed by atoms with Crippen LogP contribution in [0.4, 0.5) is 0 Å². The van der Waals surface area contributed by atoms with Gasteiger partial charge in [-0.25, -0.2) is 0 Å². The smallest absolute Gasteiger partial charge is 0.127 e. The van der Waals surface area contributed by atoms with Gasteiger partial charge in [-0.15, -0.1) is 0 Å². The molecular weight excluding hydrogens is 306 g/mol. The molecule has 0 aliphatic carbocycles. The molecule has 2 aromatic carbocycles. The Kier molecular flexibility index (Phi) is 5.24. The maximum absolute atomic E-state index is 5.93. The lowest BCUT2D eigenvalue weighted by atomic mass is 9.91. The fraction of sp³-hybridized carbons (Fsp3) is 0.400. The van der Waals surface area contributed by atoms with Crippen molar-refractivity contribution >= 4 is 11.6 Å². The van der Waals surface area contributed by atoms with E-state index in [9.17, 15) is 0 Å². The number of ether oxygens (including phenoxy) is 1. The van der Waals surface area contributed by atoms with E-state index < -0.39 is 0 Å². The molecule has 1 aliphatic rings. The molecule has 0 spiro atoms. The van der Waals surface area contributed by atoms with Crippen LogP contribution in [0.25, 0.3) is 0 Å². The van der Waals surface area contributed by atoms with E-state index in [1.807, 2.05) is 30.3 Å². The highest BCUT2D eigenvalue weighted by molar-refractivity contribution is 6.30. The summed E-state index contributed by atoms with van der Waals surface area (Å²) in [6.07, 6.45) is 1.34. The van der Waals surface area contributed by atoms with E-state index >= 15 is 0 Å². The highest BCUT2D eigenvalue weighted by Gasteiger charge is 2.21. The second-order valence-corrected chi connectivity index (χ2v) is 7.28. The van der Waals surface area contributed by atoms with Gasteiger partial charge in [-0.3, -0.25) is 4.90 Å². The Morgan fingerprint density at radius 3 is 2.39 bits per heavy atom. The minimum Gasteiger partial charge on any atom is -0.457 e. The number of hydrogen-bond acceptors (Lipinski definition) is 2. The number of piperidine rings is 1. The van der Waals surface area contributed by atoms with Crippen molar-refractivity contribution in [2.24, 2.45) is 11.8 Å². The maximum Gasteiger partial charge on any atom is 0.127 e. The van der Waals surface area contributed by atoms with E-state index in [2.05, 4.69) is 36.9 Å². The molecule has 0 unspecified atom stereocenters. The van der Waals surface area contributed by atoms with Crippen LogP contribution in [0, 0.1) is 11.8 Å². The lowest BCUT2D eigenvalue weighted by Crippen LogP contribution is -2.38. The molecule has 3 heteroatoms. The van der Waals surface area contributed by atoms with Gasteiger partial charge in [0.2, 0.25) is 0 Å². The normalized spacial score (nSPS) is 22.0. The molecule has 0 radical (unpaired) electrons. The standard InChI is InChI=1S/C20H24ClNO/c1-15-10-16(2)13-22(12-15)14-17-4-3-5-20(11-17)23-19-8-6-18(21)7-9-19/h3-9,11,15-16H,10,12-14H2,1-2H3/t15-,16+. The molecule has 1 aliphatic heterocycles. The molecule has 0 saturated carbocycles. The molecule has 1 fully saturated rings. The van der Waals surface area contributed by atoms with Crippen LogP contribution in [-0.4, -0.2) is 18.0 Å². The predicted molar refractivity (Wildman–Crippen MR) is 96.2 cm³/mol. The fourth-order valence-corrected chi connectivity index (χ4v) is 3.65. The monoisotopic (exact) mass is 329 g/mol. The topological polar surface area (TPSA) is 12.5 Å². The van der Waals surface area contributed by atoms with Crippen molar-refractivity contribution in [1.29, 1.82) is 0 Å². The van der Waals surface area contributed by atoms with E-state index in [0.29, 0.717) is 0 Å². The third kappa shape index (κ3) is 4.73. The summed E-state index contributed by atoms with van der Waals surface area (Å²) in [5, 5.41) is 0.722. The highest BCUT2D eigenvalue weighted by atomic mass is 35.5. The van der Waals surface area contributed by atoms with E-state index in [-0.39, 0.29) is 0 Å². The van der Waals surface area contributed by atoms with Crippen molar-refractivity contribution in [2.45, 2.75) is 26.8 Å². The largest absolute Gasteiger partial charge is 0.457 e. The Labute approximate surface area is 144 Å². The number of likely N-dealkylation sites (tertiary alicyclic amines) is 1. The Bertz CT molecular complexity index is 630. The maximum atomic E-state index is 5.93. The first-order chi connectivity index (χ1) is 11.1. The zero-order chi connectivity index (χ0) is 16.2. The summed E-state index contributed by atoms with van der Waals surface area (Å²) < 4.78 is 5.93. The first kappa shape index (κ1) is 16.4. The molecule has 2 atom stereocenters. The SMILES string of the molecule is C[C@@H]1C[C@H](C)CN(Cc2cccc(Oc3ccc(Cl)cc3)c2)C1. The van der Waals surface area contributed by atoms with Crippen LogP contribution in [0.3, 0.4) is 0 Å². The molecule has 1 saturated heterocycles. The summed E-state index contributed by atoms with van der Waals surface area (Å²) in [6, 6.07) is 15.9. The second kappa shape index (κ2) is 7.37. The zero-order valence-electron chi connectivity index (χ0n) is 13.8. The van der Waals surface area contributed by atoms with Crippen LogP contribution in [0.15, 0.2) is 48.5 Å². The molecule has 1 heterocycles. The molecule has 0 amide bonds. The summed E-state index contributed by atoms with van der Waals surface area (Å²) in [6.45, 7) is 8.07. The molecular formula is C20H24ClNO. The first-order valence-corrected chi connectivity index (χ1v) is 8.71. The Hall–Kier alpha value is -1.51. The van der Waals surface area contributed by atoms with E-state index in [4.69, 9.17) is 16.3 Å². The molecule has 0 bridgehead atoms. The summed E-state index contributed by atoms with van der Waals surface area (Å²) in [5.41, 5.74) is 1.30. The molecule has 0 aromatic heterocycles. The highest BCUT2D eigenvalue weighted by Crippen LogP contribution is 2.26. The molecule has 3 rings (SSSR count). The van der Waals surface area contributed by atoms with Crippen molar-refractivity contribution in [2.75, 3.05) is 13.1 Å². The van der Waals surface area contributed by atoms with Crippen LogP contribution in [0.2, 0.25) is 5.02 Å². The third-order valence-electron chi connectivity index (χ3n) is 4.30. The Balaban J connectivity index is 1.66. The van der Waals surface area contributed by atoms with Crippen molar-refractivity contribution in [1.82, 2.24) is 4.90 Å². The number of hydrogen-bond donors (Lipinski definition) is 0. The number of rotatable bonds is 4. The quantitative estimate of drug-likeness (QED) is 0.722. The summed E-state index contributed by atoms with van der Waals surface area (Å²) in [4.78, 5) is 2.56. The molecule has 2 aromatic rings. The van der Waals surface area contributed by atoms with Gasteiger partial charge in [-0.1, -0.05) is 37.6 Å². The van der Waals surface area contributed by atoms with Crippen LogP contribution in [0.1, 0.15) is 25.8 Å². The first-order valence-electron chi connectivity index (χ1n) is 8.33. The average Bonchev–Trinajstić information content (AvgIpc) is 2.49. The second-order valence-electron chi connectivity index (χ2n) is 6.84. The van der Waals surface area contributed by atoms with Crippen molar-refractivity contribution in [3.63, 3.8) is 0 Å².